The van der Waals surface area contributed by atoms with Gasteiger partial charge in [-0.3, -0.25) is 19.7 Å². The van der Waals surface area contributed by atoms with E-state index in [4.69, 9.17) is 0 Å². The number of hydrogen-bond acceptors (Lipinski definition) is 4. The van der Waals surface area contributed by atoms with Crippen LogP contribution in [0.4, 0.5) is 11.4 Å². The summed E-state index contributed by atoms with van der Waals surface area (Å²) < 4.78 is 0. The predicted molar refractivity (Wildman–Crippen MR) is 102 cm³/mol. The Morgan fingerprint density at radius 1 is 1.04 bits per heavy atom. The van der Waals surface area contributed by atoms with Gasteiger partial charge in [0.15, 0.2) is 0 Å². The van der Waals surface area contributed by atoms with Crippen LogP contribution in [0.3, 0.4) is 0 Å². The molecule has 0 unspecified atom stereocenters. The van der Waals surface area contributed by atoms with Crippen LogP contribution in [0.5, 0.6) is 0 Å². The van der Waals surface area contributed by atoms with E-state index in [0.717, 1.165) is 32.4 Å². The monoisotopic (exact) mass is 367 g/mol. The third-order valence-corrected chi connectivity index (χ3v) is 4.58. The summed E-state index contributed by atoms with van der Waals surface area (Å²) in [4.78, 5) is 37.3. The van der Waals surface area contributed by atoms with Gasteiger partial charge in [-0.15, -0.1) is 0 Å². The second-order valence-electron chi connectivity index (χ2n) is 6.54. The lowest BCUT2D eigenvalue weighted by molar-refractivity contribution is -0.385. The van der Waals surface area contributed by atoms with Crippen molar-refractivity contribution in [1.29, 1.82) is 0 Å². The quantitative estimate of drug-likeness (QED) is 0.647. The molecule has 1 saturated heterocycles. The van der Waals surface area contributed by atoms with Gasteiger partial charge < -0.3 is 10.2 Å². The molecule has 2 amide bonds. The maximum absolute atomic E-state index is 12.6. The van der Waals surface area contributed by atoms with Crippen molar-refractivity contribution in [3.8, 4) is 0 Å². The van der Waals surface area contributed by atoms with Gasteiger partial charge in [-0.2, -0.15) is 0 Å². The fourth-order valence-electron chi connectivity index (χ4n) is 3.23. The number of nitro benzene ring substituents is 1. The lowest BCUT2D eigenvalue weighted by atomic mass is 10.1. The first-order valence-corrected chi connectivity index (χ1v) is 8.96. The Morgan fingerprint density at radius 2 is 1.78 bits per heavy atom. The molecular weight excluding hydrogens is 346 g/mol. The summed E-state index contributed by atoms with van der Waals surface area (Å²) in [6.45, 7) is 1.51. The highest BCUT2D eigenvalue weighted by Gasteiger charge is 2.19. The maximum atomic E-state index is 12.6. The Hall–Kier alpha value is -3.22. The lowest BCUT2D eigenvalue weighted by Gasteiger charge is -2.26. The van der Waals surface area contributed by atoms with E-state index < -0.39 is 4.92 Å². The molecule has 2 aromatic rings. The van der Waals surface area contributed by atoms with Crippen LogP contribution < -0.4 is 5.32 Å². The largest absolute Gasteiger partial charge is 0.339 e. The minimum absolute atomic E-state index is 0.0375. The second kappa shape index (κ2) is 8.44. The standard InChI is InChI=1S/C20H21N3O4/c24-19(14-15-7-2-3-10-18(15)23(26)27)21-17-9-6-8-16(13-17)20(25)22-11-4-1-5-12-22/h2-3,6-10,13H,1,4-5,11-12,14H2,(H,21,24). The number of carbonyl (C=O) groups is 2. The van der Waals surface area contributed by atoms with E-state index in [1.807, 2.05) is 4.90 Å². The summed E-state index contributed by atoms with van der Waals surface area (Å²) in [6, 6.07) is 13.0. The van der Waals surface area contributed by atoms with Crippen LogP contribution >= 0.6 is 0 Å². The topological polar surface area (TPSA) is 92.5 Å². The molecule has 0 aliphatic carbocycles. The fraction of sp³-hybridized carbons (Fsp3) is 0.300. The number of anilines is 1. The normalized spacial score (nSPS) is 13.9. The minimum atomic E-state index is -0.499. The zero-order valence-electron chi connectivity index (χ0n) is 14.9. The maximum Gasteiger partial charge on any atom is 0.273 e. The molecule has 140 valence electrons. The minimum Gasteiger partial charge on any atom is -0.339 e. The van der Waals surface area contributed by atoms with E-state index in [0.29, 0.717) is 16.8 Å². The Kier molecular flexibility index (Phi) is 5.80. The van der Waals surface area contributed by atoms with Crippen molar-refractivity contribution in [2.75, 3.05) is 18.4 Å². The van der Waals surface area contributed by atoms with Gasteiger partial charge in [0.25, 0.3) is 11.6 Å². The zero-order valence-corrected chi connectivity index (χ0v) is 14.9. The molecule has 27 heavy (non-hydrogen) atoms. The van der Waals surface area contributed by atoms with Gasteiger partial charge in [-0.25, -0.2) is 0 Å². The van der Waals surface area contributed by atoms with Crippen LogP contribution in [0, 0.1) is 10.1 Å². The van der Waals surface area contributed by atoms with E-state index >= 15 is 0 Å². The van der Waals surface area contributed by atoms with Crippen LogP contribution in [-0.4, -0.2) is 34.7 Å². The number of amides is 2. The molecule has 0 spiro atoms. The first-order chi connectivity index (χ1) is 13.0. The number of carbonyl (C=O) groups excluding carboxylic acids is 2. The van der Waals surface area contributed by atoms with E-state index in [-0.39, 0.29) is 23.9 Å². The van der Waals surface area contributed by atoms with Crippen molar-refractivity contribution in [2.24, 2.45) is 0 Å². The molecule has 1 heterocycles. The number of rotatable bonds is 5. The van der Waals surface area contributed by atoms with Gasteiger partial charge >= 0.3 is 0 Å². The molecule has 0 radical (unpaired) electrons. The van der Waals surface area contributed by atoms with Crippen molar-refractivity contribution in [3.05, 3.63) is 69.8 Å². The number of nitro groups is 1. The van der Waals surface area contributed by atoms with Crippen molar-refractivity contribution in [1.82, 2.24) is 4.90 Å². The highest BCUT2D eigenvalue weighted by atomic mass is 16.6. The first-order valence-electron chi connectivity index (χ1n) is 8.96. The van der Waals surface area contributed by atoms with E-state index in [9.17, 15) is 19.7 Å². The third-order valence-electron chi connectivity index (χ3n) is 4.58. The Bertz CT molecular complexity index is 860. The average molecular weight is 367 g/mol. The van der Waals surface area contributed by atoms with Crippen molar-refractivity contribution < 1.29 is 14.5 Å². The molecule has 0 saturated carbocycles. The van der Waals surface area contributed by atoms with Crippen LogP contribution in [-0.2, 0) is 11.2 Å². The zero-order chi connectivity index (χ0) is 19.2. The number of benzene rings is 2. The van der Waals surface area contributed by atoms with Crippen molar-refractivity contribution >= 4 is 23.2 Å². The summed E-state index contributed by atoms with van der Waals surface area (Å²) in [7, 11) is 0. The number of likely N-dealkylation sites (tertiary alicyclic amines) is 1. The number of nitrogens with zero attached hydrogens (tertiary/aromatic N) is 2. The molecule has 0 aromatic heterocycles. The molecule has 7 nitrogen and oxygen atoms in total. The molecule has 1 fully saturated rings. The van der Waals surface area contributed by atoms with Crippen molar-refractivity contribution in [2.45, 2.75) is 25.7 Å². The summed E-state index contributed by atoms with van der Waals surface area (Å²) in [5, 5.41) is 13.8. The highest BCUT2D eigenvalue weighted by molar-refractivity contribution is 5.97. The Labute approximate surface area is 157 Å². The Balaban J connectivity index is 1.68. The molecule has 1 aliphatic rings. The molecule has 0 atom stereocenters. The first kappa shape index (κ1) is 18.6. The van der Waals surface area contributed by atoms with Gasteiger partial charge in [-0.05, 0) is 37.5 Å². The van der Waals surface area contributed by atoms with Crippen LogP contribution in [0.2, 0.25) is 0 Å². The summed E-state index contributed by atoms with van der Waals surface area (Å²) in [5.74, 6) is -0.406. The highest BCUT2D eigenvalue weighted by Crippen LogP contribution is 2.20. The number of hydrogen-bond donors (Lipinski definition) is 1. The van der Waals surface area contributed by atoms with E-state index in [1.165, 1.54) is 6.07 Å². The number of para-hydroxylation sites is 1. The SMILES string of the molecule is O=C(Cc1ccccc1[N+](=O)[O-])Nc1cccc(C(=O)N2CCCCC2)c1. The lowest BCUT2D eigenvalue weighted by Crippen LogP contribution is -2.35. The molecule has 7 heteroatoms. The van der Waals surface area contributed by atoms with Crippen molar-refractivity contribution in [3.63, 3.8) is 0 Å². The van der Waals surface area contributed by atoms with Gasteiger partial charge in [0.1, 0.15) is 0 Å². The van der Waals surface area contributed by atoms with Gasteiger partial charge in [0, 0.05) is 36.0 Å². The third kappa shape index (κ3) is 4.69. The second-order valence-corrected chi connectivity index (χ2v) is 6.54. The van der Waals surface area contributed by atoms with Crippen LogP contribution in [0.1, 0.15) is 35.2 Å². The van der Waals surface area contributed by atoms with Gasteiger partial charge in [0.2, 0.25) is 5.91 Å². The number of nitrogens with one attached hydrogen (secondary N) is 1. The predicted octanol–water partition coefficient (Wildman–Crippen LogP) is 3.40. The summed E-state index contributed by atoms with van der Waals surface area (Å²) in [6.07, 6.45) is 3.06. The summed E-state index contributed by atoms with van der Waals surface area (Å²) >= 11 is 0. The van der Waals surface area contributed by atoms with Gasteiger partial charge in [0.05, 0.1) is 11.3 Å². The van der Waals surface area contributed by atoms with Crippen LogP contribution in [0.15, 0.2) is 48.5 Å². The van der Waals surface area contributed by atoms with E-state index in [2.05, 4.69) is 5.32 Å². The molecule has 2 aromatic carbocycles. The molecule has 3 rings (SSSR count). The fourth-order valence-corrected chi connectivity index (χ4v) is 3.23. The average Bonchev–Trinajstić information content (AvgIpc) is 2.68. The molecular formula is C20H21N3O4. The number of piperidine rings is 1. The van der Waals surface area contributed by atoms with Gasteiger partial charge in [-0.1, -0.05) is 24.3 Å². The van der Waals surface area contributed by atoms with Crippen LogP contribution in [0.25, 0.3) is 0 Å². The summed E-state index contributed by atoms with van der Waals surface area (Å²) in [5.41, 5.74) is 1.30. The van der Waals surface area contributed by atoms with E-state index in [1.54, 1.807) is 42.5 Å². The smallest absolute Gasteiger partial charge is 0.273 e. The molecule has 1 N–H and O–H groups in total. The molecule has 0 bridgehead atoms. The Morgan fingerprint density at radius 3 is 2.52 bits per heavy atom. The molecule has 1 aliphatic heterocycles.